The smallest absolute Gasteiger partial charge is 0.317 e. The summed E-state index contributed by atoms with van der Waals surface area (Å²) in [5, 5.41) is 15.0. The van der Waals surface area contributed by atoms with Gasteiger partial charge in [0.05, 0.1) is 18.3 Å². The molecule has 0 saturated heterocycles. The number of rotatable bonds is 8. The second kappa shape index (κ2) is 9.52. The Morgan fingerprint density at radius 1 is 1.21 bits per heavy atom. The van der Waals surface area contributed by atoms with Crippen molar-refractivity contribution in [1.29, 1.82) is 0 Å². The summed E-state index contributed by atoms with van der Waals surface area (Å²) in [6.07, 6.45) is 3.23. The second-order valence-corrected chi connectivity index (χ2v) is 7.50. The van der Waals surface area contributed by atoms with Gasteiger partial charge in [-0.1, -0.05) is 42.8 Å². The largest absolute Gasteiger partial charge is 0.480 e. The molecule has 1 fully saturated rings. The third-order valence-electron chi connectivity index (χ3n) is 5.38. The summed E-state index contributed by atoms with van der Waals surface area (Å²) in [7, 11) is 0. The van der Waals surface area contributed by atoms with Gasteiger partial charge in [-0.25, -0.2) is 4.79 Å². The van der Waals surface area contributed by atoms with E-state index in [4.69, 9.17) is 5.11 Å². The summed E-state index contributed by atoms with van der Waals surface area (Å²) in [6, 6.07) is 13.3. The van der Waals surface area contributed by atoms with Crippen LogP contribution in [0, 0.1) is 6.92 Å². The Hall–Kier alpha value is -2.93. The zero-order chi connectivity index (χ0) is 20.8. The van der Waals surface area contributed by atoms with Gasteiger partial charge in [-0.2, -0.15) is 0 Å². The van der Waals surface area contributed by atoms with Gasteiger partial charge in [-0.15, -0.1) is 0 Å². The Balaban J connectivity index is 1.60. The number of aromatic nitrogens is 1. The number of benzene rings is 1. The van der Waals surface area contributed by atoms with E-state index in [1.807, 2.05) is 61.2 Å². The minimum absolute atomic E-state index is 0.0370. The summed E-state index contributed by atoms with van der Waals surface area (Å²) < 4.78 is 0. The van der Waals surface area contributed by atoms with Gasteiger partial charge >= 0.3 is 12.0 Å². The number of carbonyl (C=O) groups is 2. The van der Waals surface area contributed by atoms with Gasteiger partial charge in [-0.3, -0.25) is 14.7 Å². The maximum atomic E-state index is 12.6. The molecule has 3 rings (SSSR count). The van der Waals surface area contributed by atoms with E-state index < -0.39 is 5.97 Å². The van der Waals surface area contributed by atoms with Crippen LogP contribution in [-0.2, 0) is 4.79 Å². The monoisotopic (exact) mass is 396 g/mol. The van der Waals surface area contributed by atoms with Crippen molar-refractivity contribution in [2.24, 2.45) is 0 Å². The van der Waals surface area contributed by atoms with Crippen LogP contribution in [-0.4, -0.2) is 52.2 Å². The van der Waals surface area contributed by atoms with E-state index in [1.54, 1.807) is 6.20 Å². The molecule has 1 atom stereocenters. The molecule has 1 unspecified atom stereocenters. The number of likely N-dealkylation sites (N-methyl/N-ethyl adjacent to an activating group) is 1. The van der Waals surface area contributed by atoms with Gasteiger partial charge in [0, 0.05) is 18.3 Å². The maximum absolute atomic E-state index is 12.6. The zero-order valence-corrected chi connectivity index (χ0v) is 16.8. The van der Waals surface area contributed by atoms with Crippen molar-refractivity contribution in [1.82, 2.24) is 20.5 Å². The quantitative estimate of drug-likeness (QED) is 0.638. The molecule has 3 N–H and O–H groups in total. The molecule has 1 aromatic carbocycles. The fraction of sp³-hybridized carbons (Fsp3) is 0.409. The Morgan fingerprint density at radius 3 is 2.52 bits per heavy atom. The van der Waals surface area contributed by atoms with E-state index >= 15 is 0 Å². The Morgan fingerprint density at radius 2 is 1.93 bits per heavy atom. The van der Waals surface area contributed by atoms with Crippen molar-refractivity contribution in [3.8, 4) is 0 Å². The lowest BCUT2D eigenvalue weighted by Crippen LogP contribution is -2.56. The van der Waals surface area contributed by atoms with Crippen molar-refractivity contribution in [3.63, 3.8) is 0 Å². The first kappa shape index (κ1) is 20.8. The third-order valence-corrected chi connectivity index (χ3v) is 5.38. The number of nitrogens with one attached hydrogen (secondary N) is 2. The molecular weight excluding hydrogens is 368 g/mol. The molecular formula is C22H28N4O3. The average molecular weight is 396 g/mol. The molecule has 0 aliphatic heterocycles. The third kappa shape index (κ3) is 5.54. The lowest BCUT2D eigenvalue weighted by Gasteiger charge is -2.42. The van der Waals surface area contributed by atoms with Gasteiger partial charge in [0.15, 0.2) is 0 Å². The van der Waals surface area contributed by atoms with Crippen LogP contribution in [0.2, 0.25) is 0 Å². The van der Waals surface area contributed by atoms with E-state index in [0.29, 0.717) is 6.54 Å². The molecule has 1 aromatic heterocycles. The highest BCUT2D eigenvalue weighted by Crippen LogP contribution is 2.26. The highest BCUT2D eigenvalue weighted by molar-refractivity contribution is 5.75. The Kier molecular flexibility index (Phi) is 6.82. The van der Waals surface area contributed by atoms with E-state index in [-0.39, 0.29) is 30.7 Å². The summed E-state index contributed by atoms with van der Waals surface area (Å²) >= 11 is 0. The van der Waals surface area contributed by atoms with Crippen molar-refractivity contribution < 1.29 is 14.7 Å². The van der Waals surface area contributed by atoms with Gasteiger partial charge < -0.3 is 15.7 Å². The first-order chi connectivity index (χ1) is 14.0. The summed E-state index contributed by atoms with van der Waals surface area (Å²) in [4.78, 5) is 29.9. The molecule has 0 radical (unpaired) electrons. The van der Waals surface area contributed by atoms with Crippen LogP contribution in [0.25, 0.3) is 0 Å². The fourth-order valence-corrected chi connectivity index (χ4v) is 3.67. The predicted molar refractivity (Wildman–Crippen MR) is 111 cm³/mol. The van der Waals surface area contributed by atoms with Crippen LogP contribution in [0.1, 0.15) is 42.6 Å². The molecule has 1 aliphatic carbocycles. The molecule has 1 heterocycles. The van der Waals surface area contributed by atoms with Crippen LogP contribution in [0.3, 0.4) is 0 Å². The maximum Gasteiger partial charge on any atom is 0.317 e. The van der Waals surface area contributed by atoms with Crippen molar-refractivity contribution in [3.05, 3.63) is 65.5 Å². The lowest BCUT2D eigenvalue weighted by molar-refractivity contribution is -0.139. The first-order valence-corrected chi connectivity index (χ1v) is 9.96. The summed E-state index contributed by atoms with van der Waals surface area (Å²) in [6.45, 7) is 4.70. The molecule has 154 valence electrons. The number of hydrogen-bond donors (Lipinski definition) is 3. The number of pyridine rings is 1. The van der Waals surface area contributed by atoms with E-state index in [2.05, 4.69) is 15.6 Å². The summed E-state index contributed by atoms with van der Waals surface area (Å²) in [5.41, 5.74) is 2.89. The van der Waals surface area contributed by atoms with E-state index in [0.717, 1.165) is 29.7 Å². The zero-order valence-electron chi connectivity index (χ0n) is 16.8. The molecule has 0 bridgehead atoms. The number of hydrogen-bond acceptors (Lipinski definition) is 4. The number of aliphatic carboxylic acids is 1. The van der Waals surface area contributed by atoms with Crippen LogP contribution < -0.4 is 10.6 Å². The molecule has 1 saturated carbocycles. The van der Waals surface area contributed by atoms with Crippen LogP contribution in [0.4, 0.5) is 4.79 Å². The predicted octanol–water partition coefficient (Wildman–Crippen LogP) is 2.72. The number of aryl methyl sites for hydroxylation is 1. The van der Waals surface area contributed by atoms with Gasteiger partial charge in [-0.05, 0) is 44.0 Å². The molecule has 7 nitrogen and oxygen atoms in total. The molecule has 1 aliphatic rings. The number of carbonyl (C=O) groups excluding carboxylic acids is 1. The number of nitrogens with zero attached hydrogens (tertiary/aromatic N) is 2. The molecule has 2 amide bonds. The average Bonchev–Trinajstić information content (AvgIpc) is 2.68. The van der Waals surface area contributed by atoms with E-state index in [1.165, 1.54) is 0 Å². The minimum Gasteiger partial charge on any atom is -0.480 e. The number of urea groups is 1. The van der Waals surface area contributed by atoms with Crippen LogP contribution in [0.15, 0.2) is 48.7 Å². The summed E-state index contributed by atoms with van der Waals surface area (Å²) in [5.74, 6) is -0.822. The lowest BCUT2D eigenvalue weighted by atomic mass is 9.85. The highest BCUT2D eigenvalue weighted by atomic mass is 16.4. The highest BCUT2D eigenvalue weighted by Gasteiger charge is 2.35. The number of carboxylic acid groups (broad SMARTS) is 1. The van der Waals surface area contributed by atoms with Gasteiger partial charge in [0.2, 0.25) is 0 Å². The Labute approximate surface area is 171 Å². The number of amides is 2. The molecule has 2 aromatic rings. The topological polar surface area (TPSA) is 94.6 Å². The first-order valence-electron chi connectivity index (χ1n) is 9.96. The van der Waals surface area contributed by atoms with Gasteiger partial charge in [0.25, 0.3) is 0 Å². The van der Waals surface area contributed by atoms with Crippen molar-refractivity contribution in [2.45, 2.75) is 44.8 Å². The van der Waals surface area contributed by atoms with E-state index in [9.17, 15) is 9.59 Å². The van der Waals surface area contributed by atoms with Crippen molar-refractivity contribution in [2.75, 3.05) is 13.1 Å². The normalized spacial score (nSPS) is 19.3. The second-order valence-electron chi connectivity index (χ2n) is 7.50. The Bertz CT molecular complexity index is 820. The van der Waals surface area contributed by atoms with Crippen molar-refractivity contribution >= 4 is 12.0 Å². The standard InChI is InChI=1S/C22H28N4O3/c1-3-26(14-20(27)28)18-12-17(13-18)24-22(29)25-21(19-6-4-5-11-23-19)16-9-7-15(2)8-10-16/h4-11,17-18,21H,3,12-14H2,1-2H3,(H,27,28)(H2,24,25,29). The molecule has 0 spiro atoms. The minimum atomic E-state index is -0.822. The van der Waals surface area contributed by atoms with Crippen LogP contribution >= 0.6 is 0 Å². The number of carboxylic acids is 1. The fourth-order valence-electron chi connectivity index (χ4n) is 3.67. The van der Waals surface area contributed by atoms with Gasteiger partial charge in [0.1, 0.15) is 0 Å². The molecule has 29 heavy (non-hydrogen) atoms. The van der Waals surface area contributed by atoms with Crippen LogP contribution in [0.5, 0.6) is 0 Å². The molecule has 7 heteroatoms. The SMILES string of the molecule is CCN(CC(=O)O)C1CC(NC(=O)NC(c2ccc(C)cc2)c2ccccn2)C1.